The van der Waals surface area contributed by atoms with Gasteiger partial charge in [-0.1, -0.05) is 30.3 Å². The number of sulfonamides is 2. The molecule has 1 unspecified atom stereocenters. The molecule has 2 aromatic rings. The Hall–Kier alpha value is -2.31. The molecule has 0 radical (unpaired) electrons. The van der Waals surface area contributed by atoms with E-state index in [2.05, 4.69) is 0 Å². The van der Waals surface area contributed by atoms with Crippen molar-refractivity contribution in [3.63, 3.8) is 0 Å². The summed E-state index contributed by atoms with van der Waals surface area (Å²) in [5.74, 6) is 0.0635. The van der Waals surface area contributed by atoms with E-state index in [1.54, 1.807) is 0 Å². The molecular weight excluding hydrogens is 464 g/mol. The van der Waals surface area contributed by atoms with Crippen LogP contribution in [-0.2, 0) is 24.8 Å². The van der Waals surface area contributed by atoms with Gasteiger partial charge in [-0.15, -0.1) is 0 Å². The number of amides is 1. The first-order chi connectivity index (χ1) is 15.7. The first-order valence-corrected chi connectivity index (χ1v) is 13.9. The Morgan fingerprint density at radius 3 is 1.85 bits per heavy atom. The third-order valence-electron chi connectivity index (χ3n) is 6.20. The van der Waals surface area contributed by atoms with Crippen LogP contribution in [0.5, 0.6) is 0 Å². The summed E-state index contributed by atoms with van der Waals surface area (Å²) >= 11 is 0. The largest absolute Gasteiger partial charge is 0.341 e. The molecule has 33 heavy (non-hydrogen) atoms. The zero-order valence-corrected chi connectivity index (χ0v) is 19.8. The predicted molar refractivity (Wildman–Crippen MR) is 123 cm³/mol. The first-order valence-electron chi connectivity index (χ1n) is 10.9. The number of carbonyl (C=O) groups excluding carboxylic acids is 1. The summed E-state index contributed by atoms with van der Waals surface area (Å²) in [6.07, 6.45) is 2.01. The van der Waals surface area contributed by atoms with E-state index in [0.29, 0.717) is 13.1 Å². The summed E-state index contributed by atoms with van der Waals surface area (Å²) in [6.45, 7) is 2.79. The molecule has 1 atom stereocenters. The quantitative estimate of drug-likeness (QED) is 0.642. The minimum absolute atomic E-state index is 0.0103. The normalized spacial score (nSPS) is 19.5. The van der Waals surface area contributed by atoms with Gasteiger partial charge >= 0.3 is 0 Å². The molecule has 2 aliphatic rings. The van der Waals surface area contributed by atoms with Crippen molar-refractivity contribution < 1.29 is 21.6 Å². The number of hydrogen-bond donors (Lipinski definition) is 1. The van der Waals surface area contributed by atoms with E-state index in [0.717, 1.165) is 31.5 Å². The van der Waals surface area contributed by atoms with Gasteiger partial charge in [0.1, 0.15) is 6.04 Å². The summed E-state index contributed by atoms with van der Waals surface area (Å²) in [7, 11) is -7.70. The van der Waals surface area contributed by atoms with Crippen LogP contribution in [0.1, 0.15) is 24.4 Å². The van der Waals surface area contributed by atoms with Crippen LogP contribution in [0.25, 0.3) is 0 Å². The second kappa shape index (κ2) is 9.51. The van der Waals surface area contributed by atoms with Crippen molar-refractivity contribution in [3.05, 3.63) is 60.2 Å². The van der Waals surface area contributed by atoms with E-state index >= 15 is 0 Å². The maximum atomic E-state index is 13.4. The Labute approximate surface area is 194 Å². The number of nitrogens with two attached hydrogens (primary N) is 1. The maximum absolute atomic E-state index is 13.4. The molecule has 178 valence electrons. The van der Waals surface area contributed by atoms with Gasteiger partial charge in [0.15, 0.2) is 0 Å². The summed E-state index contributed by atoms with van der Waals surface area (Å²) < 4.78 is 50.4. The lowest BCUT2D eigenvalue weighted by Gasteiger charge is -2.39. The molecule has 2 aromatic carbocycles. The molecule has 0 spiro atoms. The van der Waals surface area contributed by atoms with E-state index in [1.165, 1.54) is 28.6 Å². The molecule has 0 aromatic heterocycles. The molecule has 2 aliphatic heterocycles. The number of primary sulfonamides is 1. The zero-order valence-electron chi connectivity index (χ0n) is 18.2. The van der Waals surface area contributed by atoms with Gasteiger partial charge in [0.05, 0.1) is 9.79 Å². The van der Waals surface area contributed by atoms with Crippen LogP contribution in [0.3, 0.4) is 0 Å². The standard InChI is InChI=1S/C22H28N4O5S2/c23-32(28,29)19-8-10-20(11-9-19)33(30,31)26-16-14-24(15-17-26)21(18-6-2-1-3-7-18)22(27)25-12-4-5-13-25/h1-3,6-11,21H,4-5,12-17H2,(H2,23,28,29). The molecule has 9 nitrogen and oxygen atoms in total. The van der Waals surface area contributed by atoms with E-state index in [4.69, 9.17) is 5.14 Å². The molecule has 1 amide bonds. The highest BCUT2D eigenvalue weighted by Gasteiger charge is 2.36. The first kappa shape index (κ1) is 23.8. The van der Waals surface area contributed by atoms with Crippen LogP contribution in [0.4, 0.5) is 0 Å². The highest BCUT2D eigenvalue weighted by Crippen LogP contribution is 2.28. The highest BCUT2D eigenvalue weighted by molar-refractivity contribution is 7.89. The number of hydrogen-bond acceptors (Lipinski definition) is 6. The minimum atomic E-state index is -3.90. The molecule has 2 heterocycles. The molecule has 2 fully saturated rings. The maximum Gasteiger partial charge on any atom is 0.244 e. The predicted octanol–water partition coefficient (Wildman–Crippen LogP) is 1.00. The van der Waals surface area contributed by atoms with Crippen molar-refractivity contribution in [2.45, 2.75) is 28.7 Å². The van der Waals surface area contributed by atoms with Crippen molar-refractivity contribution in [2.24, 2.45) is 5.14 Å². The van der Waals surface area contributed by atoms with Crippen molar-refractivity contribution in [1.82, 2.24) is 14.1 Å². The Kier molecular flexibility index (Phi) is 6.87. The number of nitrogens with zero attached hydrogens (tertiary/aromatic N) is 3. The smallest absolute Gasteiger partial charge is 0.244 e. The van der Waals surface area contributed by atoms with Gasteiger partial charge in [-0.2, -0.15) is 4.31 Å². The Bertz CT molecular complexity index is 1190. The van der Waals surface area contributed by atoms with Crippen LogP contribution >= 0.6 is 0 Å². The van der Waals surface area contributed by atoms with Crippen molar-refractivity contribution in [1.29, 1.82) is 0 Å². The Morgan fingerprint density at radius 1 is 0.758 bits per heavy atom. The average molecular weight is 493 g/mol. The number of likely N-dealkylation sites (tertiary alicyclic amines) is 1. The fraction of sp³-hybridized carbons (Fsp3) is 0.409. The van der Waals surface area contributed by atoms with E-state index in [9.17, 15) is 21.6 Å². The van der Waals surface area contributed by atoms with Gasteiger partial charge in [-0.25, -0.2) is 22.0 Å². The van der Waals surface area contributed by atoms with Crippen LogP contribution in [0.2, 0.25) is 0 Å². The highest BCUT2D eigenvalue weighted by atomic mass is 32.2. The Balaban J connectivity index is 1.50. The second-order valence-electron chi connectivity index (χ2n) is 8.30. The molecule has 0 aliphatic carbocycles. The minimum Gasteiger partial charge on any atom is -0.341 e. The lowest BCUT2D eigenvalue weighted by molar-refractivity contribution is -0.136. The molecular formula is C22H28N4O5S2. The topological polar surface area (TPSA) is 121 Å². The second-order valence-corrected chi connectivity index (χ2v) is 11.8. The summed E-state index contributed by atoms with van der Waals surface area (Å²) in [6, 6.07) is 14.1. The molecule has 0 saturated carbocycles. The van der Waals surface area contributed by atoms with Crippen molar-refractivity contribution in [2.75, 3.05) is 39.3 Å². The van der Waals surface area contributed by atoms with Gasteiger partial charge in [0.2, 0.25) is 26.0 Å². The molecule has 2 saturated heterocycles. The SMILES string of the molecule is NS(=O)(=O)c1ccc(S(=O)(=O)N2CCN(C(C(=O)N3CCCC3)c3ccccc3)CC2)cc1. The van der Waals surface area contributed by atoms with Crippen LogP contribution in [0, 0.1) is 0 Å². The van der Waals surface area contributed by atoms with Crippen LogP contribution in [0.15, 0.2) is 64.4 Å². The fourth-order valence-corrected chi connectivity index (χ4v) is 6.35. The van der Waals surface area contributed by atoms with Crippen molar-refractivity contribution in [3.8, 4) is 0 Å². The third kappa shape index (κ3) is 5.12. The monoisotopic (exact) mass is 492 g/mol. The van der Waals surface area contributed by atoms with Gasteiger partial charge in [-0.05, 0) is 42.7 Å². The zero-order chi connectivity index (χ0) is 23.6. The molecule has 11 heteroatoms. The number of rotatable bonds is 6. The van der Waals surface area contributed by atoms with E-state index < -0.39 is 26.1 Å². The molecule has 2 N–H and O–H groups in total. The van der Waals surface area contributed by atoms with Gasteiger partial charge in [0, 0.05) is 39.3 Å². The number of carbonyl (C=O) groups is 1. The van der Waals surface area contributed by atoms with Crippen molar-refractivity contribution >= 4 is 26.0 Å². The third-order valence-corrected chi connectivity index (χ3v) is 9.04. The summed E-state index contributed by atoms with van der Waals surface area (Å²) in [4.78, 5) is 17.2. The fourth-order valence-electron chi connectivity index (χ4n) is 4.41. The van der Waals surface area contributed by atoms with Gasteiger partial charge in [0.25, 0.3) is 0 Å². The average Bonchev–Trinajstić information content (AvgIpc) is 3.35. The Morgan fingerprint density at radius 2 is 1.30 bits per heavy atom. The summed E-state index contributed by atoms with van der Waals surface area (Å²) in [5.41, 5.74) is 0.907. The number of benzene rings is 2. The van der Waals surface area contributed by atoms with Crippen LogP contribution < -0.4 is 5.14 Å². The summed E-state index contributed by atoms with van der Waals surface area (Å²) in [5, 5.41) is 5.10. The van der Waals surface area contributed by atoms with E-state index in [1.807, 2.05) is 40.1 Å². The lowest BCUT2D eigenvalue weighted by Crippen LogP contribution is -2.52. The van der Waals surface area contributed by atoms with E-state index in [-0.39, 0.29) is 28.8 Å². The van der Waals surface area contributed by atoms with Gasteiger partial charge < -0.3 is 4.90 Å². The molecule has 0 bridgehead atoms. The lowest BCUT2D eigenvalue weighted by atomic mass is 10.0. The van der Waals surface area contributed by atoms with Gasteiger partial charge in [-0.3, -0.25) is 9.69 Å². The molecule has 4 rings (SSSR count). The number of piperazine rings is 1. The van der Waals surface area contributed by atoms with Crippen LogP contribution in [-0.4, -0.2) is 76.1 Å².